The van der Waals surface area contributed by atoms with Crippen LogP contribution in [0.15, 0.2) is 57.4 Å². The van der Waals surface area contributed by atoms with E-state index >= 15 is 0 Å². The van der Waals surface area contributed by atoms with Gasteiger partial charge in [-0.2, -0.15) is 5.10 Å². The number of rotatable bonds is 6. The van der Waals surface area contributed by atoms with E-state index in [1.165, 1.54) is 12.3 Å². The minimum Gasteiger partial charge on any atom is -0.334 e. The fourth-order valence-corrected chi connectivity index (χ4v) is 4.11. The number of nitrogens with zero attached hydrogens (tertiary/aromatic N) is 3. The van der Waals surface area contributed by atoms with Gasteiger partial charge >= 0.3 is 0 Å². The van der Waals surface area contributed by atoms with Gasteiger partial charge in [0.15, 0.2) is 11.6 Å². The fourth-order valence-electron chi connectivity index (χ4n) is 4.11. The molecule has 0 unspecified atom stereocenters. The molecule has 176 valence electrons. The van der Waals surface area contributed by atoms with Crippen molar-refractivity contribution in [3.05, 3.63) is 75.6 Å². The molecule has 4 N–H and O–H groups in total. The van der Waals surface area contributed by atoms with E-state index in [4.69, 9.17) is 5.84 Å². The molecule has 0 radical (unpaired) electrons. The second-order valence-electron chi connectivity index (χ2n) is 8.04. The number of carbonyl (C=O) groups excluding carboxylic acids is 1. The minimum absolute atomic E-state index is 0.0242. The second-order valence-corrected chi connectivity index (χ2v) is 8.04. The lowest BCUT2D eigenvalue weighted by Gasteiger charge is -2.24. The molecule has 8 nitrogen and oxygen atoms in total. The van der Waals surface area contributed by atoms with Gasteiger partial charge < -0.3 is 21.0 Å². The molecule has 2 heterocycles. The quantitative estimate of drug-likeness (QED) is 0.294. The Morgan fingerprint density at radius 3 is 2.68 bits per heavy atom. The standard InChI is InChI=1S/C24H24F2N6O2/c1-28-12-17-3-2-8-32(17)24(34)14-4-6-16(7-5-14)29-13-22(31-27)18-9-15-10-19(25)20(26)11-21(15)30-23(18)33/h4-7,9-11,13,17,28H,2-3,8,12,27H2,1H3,(H,30,33)/t17-/m1/s1. The van der Waals surface area contributed by atoms with Crippen LogP contribution in [0.1, 0.15) is 28.8 Å². The van der Waals surface area contributed by atoms with Crippen molar-refractivity contribution in [2.75, 3.05) is 20.1 Å². The smallest absolute Gasteiger partial charge is 0.258 e. The summed E-state index contributed by atoms with van der Waals surface area (Å²) in [6.07, 6.45) is 3.26. The van der Waals surface area contributed by atoms with E-state index in [0.717, 1.165) is 38.1 Å². The molecule has 3 aromatic rings. The molecule has 0 saturated carbocycles. The predicted molar refractivity (Wildman–Crippen MR) is 128 cm³/mol. The highest BCUT2D eigenvalue weighted by atomic mass is 19.2. The summed E-state index contributed by atoms with van der Waals surface area (Å²) in [6, 6.07) is 10.2. The third-order valence-corrected chi connectivity index (χ3v) is 5.83. The molecule has 2 aromatic carbocycles. The molecule has 1 saturated heterocycles. The summed E-state index contributed by atoms with van der Waals surface area (Å²) in [5.74, 6) is 3.34. The molecule has 0 spiro atoms. The zero-order valence-electron chi connectivity index (χ0n) is 18.5. The number of aromatic amines is 1. The van der Waals surface area contributed by atoms with Crippen LogP contribution < -0.4 is 16.7 Å². The Morgan fingerprint density at radius 1 is 1.24 bits per heavy atom. The number of fused-ring (bicyclic) bond motifs is 1. The van der Waals surface area contributed by atoms with Crippen LogP contribution in [0.25, 0.3) is 10.9 Å². The Kier molecular flexibility index (Phi) is 6.78. The first-order valence-electron chi connectivity index (χ1n) is 10.8. The molecule has 0 bridgehead atoms. The molecule has 1 fully saturated rings. The van der Waals surface area contributed by atoms with Crippen LogP contribution in [0.2, 0.25) is 0 Å². The fraction of sp³-hybridized carbons (Fsp3) is 0.250. The average Bonchev–Trinajstić information content (AvgIpc) is 3.29. The number of nitrogens with two attached hydrogens (primary N) is 1. The summed E-state index contributed by atoms with van der Waals surface area (Å²) in [5.41, 5.74) is 0.778. The van der Waals surface area contributed by atoms with Gasteiger partial charge in [-0.05, 0) is 56.3 Å². The van der Waals surface area contributed by atoms with Gasteiger partial charge in [-0.1, -0.05) is 0 Å². The van der Waals surface area contributed by atoms with Crippen molar-refractivity contribution in [3.8, 4) is 0 Å². The first-order valence-corrected chi connectivity index (χ1v) is 10.8. The van der Waals surface area contributed by atoms with Crippen LogP contribution in [0, 0.1) is 11.6 Å². The third-order valence-electron chi connectivity index (χ3n) is 5.83. The summed E-state index contributed by atoms with van der Waals surface area (Å²) in [4.78, 5) is 34.0. The topological polar surface area (TPSA) is 116 Å². The number of H-pyrrole nitrogens is 1. The molecular formula is C24H24F2N6O2. The van der Waals surface area contributed by atoms with Gasteiger partial charge in [0.2, 0.25) is 0 Å². The summed E-state index contributed by atoms with van der Waals surface area (Å²) in [5, 5.41) is 7.03. The van der Waals surface area contributed by atoms with Crippen LogP contribution in [0.3, 0.4) is 0 Å². The number of hydrazone groups is 1. The van der Waals surface area contributed by atoms with Crippen LogP contribution in [-0.4, -0.2) is 53.9 Å². The largest absolute Gasteiger partial charge is 0.334 e. The first kappa shape index (κ1) is 23.2. The van der Waals surface area contributed by atoms with Crippen molar-refractivity contribution in [2.45, 2.75) is 18.9 Å². The highest BCUT2D eigenvalue weighted by Gasteiger charge is 2.28. The average molecular weight is 466 g/mol. The Bertz CT molecular complexity index is 1330. The van der Waals surface area contributed by atoms with E-state index in [0.29, 0.717) is 11.3 Å². The number of hydrogen-bond acceptors (Lipinski definition) is 6. The maximum Gasteiger partial charge on any atom is 0.258 e. The Balaban J connectivity index is 1.54. The predicted octanol–water partition coefficient (Wildman–Crippen LogP) is 2.70. The first-order chi connectivity index (χ1) is 16.4. The number of carbonyl (C=O) groups is 1. The van der Waals surface area contributed by atoms with E-state index in [9.17, 15) is 18.4 Å². The molecule has 34 heavy (non-hydrogen) atoms. The van der Waals surface area contributed by atoms with Gasteiger partial charge in [0.05, 0.1) is 23.0 Å². The summed E-state index contributed by atoms with van der Waals surface area (Å²) < 4.78 is 27.0. The van der Waals surface area contributed by atoms with Gasteiger partial charge in [-0.15, -0.1) is 0 Å². The number of likely N-dealkylation sites (tertiary alicyclic amines) is 1. The number of aromatic nitrogens is 1. The molecule has 1 aromatic heterocycles. The summed E-state index contributed by atoms with van der Waals surface area (Å²) >= 11 is 0. The Labute approximate surface area is 194 Å². The number of hydrogen-bond donors (Lipinski definition) is 3. The molecule has 4 rings (SSSR count). The van der Waals surface area contributed by atoms with E-state index in [1.807, 2.05) is 11.9 Å². The highest BCUT2D eigenvalue weighted by Crippen LogP contribution is 2.21. The second kappa shape index (κ2) is 9.92. The SMILES string of the molecule is CNC[C@H]1CCCN1C(=O)c1ccc(N=CC(=NN)c2cc3cc(F)c(F)cc3[nH]c2=O)cc1. The van der Waals surface area contributed by atoms with Gasteiger partial charge in [0.1, 0.15) is 5.71 Å². The van der Waals surface area contributed by atoms with Crippen LogP contribution in [0.4, 0.5) is 14.5 Å². The van der Waals surface area contributed by atoms with Gasteiger partial charge in [0.25, 0.3) is 11.5 Å². The van der Waals surface area contributed by atoms with Gasteiger partial charge in [-0.25, -0.2) is 8.78 Å². The number of pyridine rings is 1. The number of likely N-dealkylation sites (N-methyl/N-ethyl adjacent to an activating group) is 1. The van der Waals surface area contributed by atoms with E-state index in [2.05, 4.69) is 20.4 Å². The molecule has 1 aliphatic rings. The monoisotopic (exact) mass is 466 g/mol. The van der Waals surface area contributed by atoms with Crippen LogP contribution in [-0.2, 0) is 0 Å². The van der Waals surface area contributed by atoms with E-state index in [-0.39, 0.29) is 34.1 Å². The normalized spacial score (nSPS) is 16.6. The zero-order chi connectivity index (χ0) is 24.2. The van der Waals surface area contributed by atoms with Gasteiger partial charge in [-0.3, -0.25) is 14.6 Å². The van der Waals surface area contributed by atoms with Gasteiger partial charge in [0, 0.05) is 36.1 Å². The minimum atomic E-state index is -1.06. The number of halogens is 2. The molecule has 1 aliphatic heterocycles. The van der Waals surface area contributed by atoms with Crippen molar-refractivity contribution in [2.24, 2.45) is 15.9 Å². The van der Waals surface area contributed by atoms with Crippen molar-refractivity contribution < 1.29 is 13.6 Å². The zero-order valence-corrected chi connectivity index (χ0v) is 18.5. The maximum atomic E-state index is 13.6. The lowest BCUT2D eigenvalue weighted by molar-refractivity contribution is 0.0737. The lowest BCUT2D eigenvalue weighted by atomic mass is 10.1. The molecular weight excluding hydrogens is 442 g/mol. The Morgan fingerprint density at radius 2 is 1.97 bits per heavy atom. The highest BCUT2D eigenvalue weighted by molar-refractivity contribution is 6.38. The van der Waals surface area contributed by atoms with E-state index in [1.54, 1.807) is 24.3 Å². The van der Waals surface area contributed by atoms with Crippen molar-refractivity contribution in [3.63, 3.8) is 0 Å². The van der Waals surface area contributed by atoms with E-state index < -0.39 is 17.2 Å². The Hall–Kier alpha value is -3.92. The molecule has 1 amide bonds. The summed E-state index contributed by atoms with van der Waals surface area (Å²) in [6.45, 7) is 1.49. The number of benzene rings is 2. The number of amides is 1. The van der Waals surface area contributed by atoms with Crippen LogP contribution in [0.5, 0.6) is 0 Å². The van der Waals surface area contributed by atoms with Crippen LogP contribution >= 0.6 is 0 Å². The van der Waals surface area contributed by atoms with Crippen molar-refractivity contribution in [1.82, 2.24) is 15.2 Å². The maximum absolute atomic E-state index is 13.6. The molecule has 1 atom stereocenters. The molecule has 10 heteroatoms. The van der Waals surface area contributed by atoms with Crippen molar-refractivity contribution >= 4 is 34.4 Å². The van der Waals surface area contributed by atoms with Crippen molar-refractivity contribution in [1.29, 1.82) is 0 Å². The number of aliphatic imine (C=N–C) groups is 1. The lowest BCUT2D eigenvalue weighted by Crippen LogP contribution is -2.40. The third kappa shape index (κ3) is 4.72. The number of nitrogens with one attached hydrogen (secondary N) is 2. The molecule has 0 aliphatic carbocycles. The summed E-state index contributed by atoms with van der Waals surface area (Å²) in [7, 11) is 1.87.